The molecule has 3 heterocycles. The number of hydrogen-bond donors (Lipinski definition) is 0. The molecule has 0 amide bonds. The summed E-state index contributed by atoms with van der Waals surface area (Å²) in [6.45, 7) is 0. The molecule has 4 heteroatoms. The van der Waals surface area contributed by atoms with Gasteiger partial charge in [0.1, 0.15) is 0 Å². The van der Waals surface area contributed by atoms with E-state index in [1.165, 1.54) is 41.1 Å². The first-order valence-corrected chi connectivity index (χ1v) is 17.2. The molecule has 0 radical (unpaired) electrons. The topological polar surface area (TPSA) is 21.3 Å². The van der Waals surface area contributed by atoms with Crippen LogP contribution in [0.1, 0.15) is 0 Å². The van der Waals surface area contributed by atoms with Crippen molar-refractivity contribution in [2.24, 2.45) is 0 Å². The van der Waals surface area contributed by atoms with Gasteiger partial charge in [-0.2, -0.15) is 0 Å². The summed E-state index contributed by atoms with van der Waals surface area (Å²) in [7, 11) is 0. The van der Waals surface area contributed by atoms with Crippen molar-refractivity contribution < 1.29 is 4.42 Å². The van der Waals surface area contributed by atoms with Crippen molar-refractivity contribution in [1.29, 1.82) is 0 Å². The number of fused-ring (bicyclic) bond motifs is 9. The number of furan rings is 1. The Hall–Kier alpha value is -5.54. The molecule has 0 saturated carbocycles. The Morgan fingerprint density at radius 2 is 1.13 bits per heavy atom. The van der Waals surface area contributed by atoms with Crippen molar-refractivity contribution in [2.75, 3.05) is 4.90 Å². The van der Waals surface area contributed by atoms with Gasteiger partial charge in [-0.15, -0.1) is 0 Å². The van der Waals surface area contributed by atoms with Gasteiger partial charge in [0.2, 0.25) is 0 Å². The van der Waals surface area contributed by atoms with Crippen LogP contribution in [0.5, 0.6) is 0 Å². The second kappa shape index (κ2) is 9.98. The summed E-state index contributed by atoms with van der Waals surface area (Å²) in [5.41, 5.74) is 8.51. The maximum atomic E-state index is 6.64. The van der Waals surface area contributed by atoms with E-state index in [4.69, 9.17) is 4.42 Å². The zero-order valence-corrected chi connectivity index (χ0v) is 26.4. The van der Waals surface area contributed by atoms with Gasteiger partial charge in [0.05, 0.1) is 0 Å². The van der Waals surface area contributed by atoms with Crippen molar-refractivity contribution in [3.05, 3.63) is 158 Å². The van der Waals surface area contributed by atoms with Crippen LogP contribution >= 0.6 is 0 Å². The minimum atomic E-state index is 0.309. The Balaban J connectivity index is 1.29. The number of aromatic nitrogens is 1. The molecule has 0 spiro atoms. The van der Waals surface area contributed by atoms with Crippen LogP contribution < -0.4 is 4.90 Å². The molecule has 216 valence electrons. The van der Waals surface area contributed by atoms with Crippen LogP contribution in [-0.2, 0) is 0 Å². The summed E-state index contributed by atoms with van der Waals surface area (Å²) in [4.78, 5) is 2.38. The van der Waals surface area contributed by atoms with E-state index < -0.39 is 0 Å². The predicted molar refractivity (Wildman–Crippen MR) is 195 cm³/mol. The molecular weight excluding hydrogens is 627 g/mol. The van der Waals surface area contributed by atoms with E-state index in [-0.39, 0.29) is 0 Å². The molecule has 46 heavy (non-hydrogen) atoms. The summed E-state index contributed by atoms with van der Waals surface area (Å²) in [6.07, 6.45) is 0. The summed E-state index contributed by atoms with van der Waals surface area (Å²) >= 11 is 0.309. The van der Waals surface area contributed by atoms with Gasteiger partial charge >= 0.3 is 266 Å². The fourth-order valence-corrected chi connectivity index (χ4v) is 9.42. The van der Waals surface area contributed by atoms with Gasteiger partial charge in [0.15, 0.2) is 0 Å². The predicted octanol–water partition coefficient (Wildman–Crippen LogP) is 11.5. The Morgan fingerprint density at radius 1 is 0.457 bits per heavy atom. The molecule has 7 aromatic carbocycles. The molecule has 0 unspecified atom stereocenters. The number of benzene rings is 7. The minimum absolute atomic E-state index is 0.309. The van der Waals surface area contributed by atoms with Crippen molar-refractivity contribution in [3.8, 4) is 5.69 Å². The molecule has 10 aromatic rings. The van der Waals surface area contributed by atoms with E-state index in [9.17, 15) is 0 Å². The van der Waals surface area contributed by atoms with Gasteiger partial charge < -0.3 is 0 Å². The first-order chi connectivity index (χ1) is 22.8. The summed E-state index contributed by atoms with van der Waals surface area (Å²) in [5.74, 6) is 0. The first-order valence-electron chi connectivity index (χ1n) is 15.5. The molecule has 0 N–H and O–H groups in total. The van der Waals surface area contributed by atoms with Crippen molar-refractivity contribution in [3.63, 3.8) is 0 Å². The van der Waals surface area contributed by atoms with Gasteiger partial charge in [0.25, 0.3) is 0 Å². The molecule has 0 aliphatic rings. The van der Waals surface area contributed by atoms with Crippen molar-refractivity contribution >= 4 is 94.6 Å². The molecule has 0 aliphatic heterocycles. The Kier molecular flexibility index (Phi) is 5.59. The average Bonchev–Trinajstić information content (AvgIpc) is 3.78. The van der Waals surface area contributed by atoms with Crippen LogP contribution in [0.3, 0.4) is 0 Å². The summed E-state index contributed by atoms with van der Waals surface area (Å²) < 4.78 is 11.9. The van der Waals surface area contributed by atoms with Crippen molar-refractivity contribution in [1.82, 2.24) is 4.57 Å². The fourth-order valence-electron chi connectivity index (χ4n) is 7.14. The zero-order valence-electron chi connectivity index (χ0n) is 24.7. The Bertz CT molecular complexity index is 2770. The number of para-hydroxylation sites is 4. The third kappa shape index (κ3) is 3.78. The molecule has 0 atom stereocenters. The third-order valence-corrected chi connectivity index (χ3v) is 11.6. The third-order valence-electron chi connectivity index (χ3n) is 9.17. The number of anilines is 3. The van der Waals surface area contributed by atoms with E-state index >= 15 is 0 Å². The Labute approximate surface area is 270 Å². The second-order valence-electron chi connectivity index (χ2n) is 11.8. The van der Waals surface area contributed by atoms with Crippen LogP contribution in [-0.4, -0.2) is 19.1 Å². The molecule has 0 bridgehead atoms. The fraction of sp³-hybridized carbons (Fsp3) is 0. The standard InChI is InChI=1S/C42H26N2OSe/c1-2-11-27(12-3-1)44-36-17-7-4-13-30(36)31-23-21-29(26-38(31)44)43(28-22-24-41-35(25-28)33-15-6-9-20-40(33)46-41)37-18-10-16-34-32-14-5-8-19-39(32)45-42(34)37/h1-26H. The first kappa shape index (κ1) is 25.8. The molecule has 3 aromatic heterocycles. The van der Waals surface area contributed by atoms with Crippen LogP contribution in [0.4, 0.5) is 17.1 Å². The molecule has 0 fully saturated rings. The zero-order chi connectivity index (χ0) is 30.2. The number of rotatable bonds is 4. The molecule has 0 aliphatic carbocycles. The summed E-state index contributed by atoms with van der Waals surface area (Å²) in [5, 5.41) is 7.40. The quantitative estimate of drug-likeness (QED) is 0.176. The van der Waals surface area contributed by atoms with E-state index in [0.717, 1.165) is 44.7 Å². The SMILES string of the molecule is c1ccc(-n2c3ccccc3c3ccc(N(c4ccc5[se]c6ccccc6c5c4)c4cccc5c4oc4ccccc45)cc32)cc1. The monoisotopic (exact) mass is 654 g/mol. The normalized spacial score (nSPS) is 11.9. The molecular formula is C42H26N2OSe. The van der Waals surface area contributed by atoms with Crippen LogP contribution in [0, 0.1) is 0 Å². The summed E-state index contributed by atoms with van der Waals surface area (Å²) in [6, 6.07) is 56.9. The van der Waals surface area contributed by atoms with Gasteiger partial charge in [-0.05, 0) is 0 Å². The van der Waals surface area contributed by atoms with E-state index in [1.807, 2.05) is 6.07 Å². The van der Waals surface area contributed by atoms with E-state index in [1.54, 1.807) is 0 Å². The van der Waals surface area contributed by atoms with Crippen LogP contribution in [0.25, 0.3) is 68.7 Å². The van der Waals surface area contributed by atoms with Gasteiger partial charge in [-0.1, -0.05) is 6.07 Å². The molecule has 0 saturated heterocycles. The molecule has 3 nitrogen and oxygen atoms in total. The van der Waals surface area contributed by atoms with Gasteiger partial charge in [-0.25, -0.2) is 0 Å². The van der Waals surface area contributed by atoms with Gasteiger partial charge in [-0.3, -0.25) is 0 Å². The number of hydrogen-bond acceptors (Lipinski definition) is 2. The Morgan fingerprint density at radius 3 is 2.04 bits per heavy atom. The van der Waals surface area contributed by atoms with Crippen LogP contribution in [0.15, 0.2) is 162 Å². The van der Waals surface area contributed by atoms with Crippen molar-refractivity contribution in [2.45, 2.75) is 0 Å². The second-order valence-corrected chi connectivity index (χ2v) is 14.0. The maximum absolute atomic E-state index is 6.64. The average molecular weight is 654 g/mol. The van der Waals surface area contributed by atoms with E-state index in [2.05, 4.69) is 161 Å². The molecule has 10 rings (SSSR count). The number of nitrogens with zero attached hydrogens (tertiary/aromatic N) is 2. The van der Waals surface area contributed by atoms with E-state index in [0.29, 0.717) is 14.5 Å². The van der Waals surface area contributed by atoms with Gasteiger partial charge in [0, 0.05) is 0 Å². The van der Waals surface area contributed by atoms with Crippen LogP contribution in [0.2, 0.25) is 0 Å².